The highest BCUT2D eigenvalue weighted by Crippen LogP contribution is 2.29. The number of benzene rings is 1. The Morgan fingerprint density at radius 1 is 1.06 bits per heavy atom. The number of hydrogen-bond donors (Lipinski definition) is 0. The Morgan fingerprint density at radius 2 is 1.82 bits per heavy atom. The lowest BCUT2D eigenvalue weighted by Crippen LogP contribution is -2.16. The van der Waals surface area contributed by atoms with Gasteiger partial charge in [0, 0.05) is 6.61 Å². The molecule has 0 aliphatic carbocycles. The number of ether oxygens (including phenoxy) is 3. The average molecular weight is 238 g/mol. The lowest BCUT2D eigenvalue weighted by molar-refractivity contribution is -0.0625. The van der Waals surface area contributed by atoms with E-state index >= 15 is 0 Å². The van der Waals surface area contributed by atoms with Crippen molar-refractivity contribution < 1.29 is 14.2 Å². The van der Waals surface area contributed by atoms with Gasteiger partial charge >= 0.3 is 0 Å². The van der Waals surface area contributed by atoms with Crippen LogP contribution in [0.5, 0.6) is 11.5 Å². The van der Waals surface area contributed by atoms with Gasteiger partial charge < -0.3 is 14.2 Å². The molecule has 0 amide bonds. The summed E-state index contributed by atoms with van der Waals surface area (Å²) in [7, 11) is 0. The van der Waals surface area contributed by atoms with Gasteiger partial charge in [0.25, 0.3) is 0 Å². The largest absolute Gasteiger partial charge is 0.490 e. The quantitative estimate of drug-likeness (QED) is 0.681. The zero-order valence-electron chi connectivity index (χ0n) is 11.2. The highest BCUT2D eigenvalue weighted by molar-refractivity contribution is 5.43. The minimum Gasteiger partial charge on any atom is -0.490 e. The molecule has 0 aromatic heterocycles. The number of rotatable bonds is 7. The molecule has 17 heavy (non-hydrogen) atoms. The second-order valence-electron chi connectivity index (χ2n) is 3.71. The molecule has 1 aromatic carbocycles. The van der Waals surface area contributed by atoms with E-state index in [4.69, 9.17) is 14.2 Å². The number of aryl methyl sites for hydroxylation is 1. The van der Waals surface area contributed by atoms with Crippen LogP contribution in [0.2, 0.25) is 0 Å². The molecule has 3 nitrogen and oxygen atoms in total. The van der Waals surface area contributed by atoms with Crippen molar-refractivity contribution in [1.82, 2.24) is 0 Å². The summed E-state index contributed by atoms with van der Waals surface area (Å²) in [5.41, 5.74) is 1.24. The van der Waals surface area contributed by atoms with Crippen LogP contribution in [0.3, 0.4) is 0 Å². The zero-order chi connectivity index (χ0) is 12.7. The first-order valence-corrected chi connectivity index (χ1v) is 6.25. The van der Waals surface area contributed by atoms with Crippen LogP contribution < -0.4 is 9.47 Å². The van der Waals surface area contributed by atoms with Crippen LogP contribution in [0, 0.1) is 0 Å². The molecule has 0 spiro atoms. The molecular weight excluding hydrogens is 216 g/mol. The molecule has 0 bridgehead atoms. The molecule has 0 N–H and O–H groups in total. The number of hydrogen-bond acceptors (Lipinski definition) is 3. The van der Waals surface area contributed by atoms with Gasteiger partial charge in [-0.15, -0.1) is 0 Å². The second-order valence-corrected chi connectivity index (χ2v) is 3.71. The summed E-state index contributed by atoms with van der Waals surface area (Å²) < 4.78 is 16.6. The first-order chi connectivity index (χ1) is 8.21. The lowest BCUT2D eigenvalue weighted by atomic mass is 10.1. The van der Waals surface area contributed by atoms with Gasteiger partial charge in [-0.3, -0.25) is 0 Å². The van der Waals surface area contributed by atoms with Gasteiger partial charge in [-0.2, -0.15) is 0 Å². The van der Waals surface area contributed by atoms with E-state index in [0.29, 0.717) is 13.2 Å². The minimum atomic E-state index is -0.258. The summed E-state index contributed by atoms with van der Waals surface area (Å²) in [6.07, 6.45) is 0.730. The van der Waals surface area contributed by atoms with Crippen molar-refractivity contribution in [3.63, 3.8) is 0 Å². The average Bonchev–Trinajstić information content (AvgIpc) is 2.32. The molecule has 0 heterocycles. The van der Waals surface area contributed by atoms with Crippen molar-refractivity contribution in [1.29, 1.82) is 0 Å². The topological polar surface area (TPSA) is 27.7 Å². The normalized spacial score (nSPS) is 12.2. The van der Waals surface area contributed by atoms with E-state index in [9.17, 15) is 0 Å². The molecule has 1 atom stereocenters. The fraction of sp³-hybridized carbons (Fsp3) is 0.571. The van der Waals surface area contributed by atoms with E-state index in [1.165, 1.54) is 5.56 Å². The maximum atomic E-state index is 5.69. The van der Waals surface area contributed by atoms with Crippen molar-refractivity contribution in [2.24, 2.45) is 0 Å². The zero-order valence-corrected chi connectivity index (χ0v) is 11.2. The van der Waals surface area contributed by atoms with Crippen LogP contribution in [-0.4, -0.2) is 19.5 Å². The Hall–Kier alpha value is -1.22. The Balaban J connectivity index is 2.81. The Morgan fingerprint density at radius 3 is 2.41 bits per heavy atom. The van der Waals surface area contributed by atoms with Crippen LogP contribution in [0.25, 0.3) is 0 Å². The second kappa shape index (κ2) is 7.17. The molecule has 96 valence electrons. The van der Waals surface area contributed by atoms with Gasteiger partial charge in [0.1, 0.15) is 0 Å². The van der Waals surface area contributed by atoms with Crippen LogP contribution in [0.4, 0.5) is 0 Å². The fourth-order valence-corrected chi connectivity index (χ4v) is 1.59. The maximum absolute atomic E-state index is 5.69. The molecule has 0 radical (unpaired) electrons. The summed E-state index contributed by atoms with van der Waals surface area (Å²) in [6, 6.07) is 6.02. The van der Waals surface area contributed by atoms with Crippen LogP contribution in [-0.2, 0) is 11.2 Å². The maximum Gasteiger partial charge on any atom is 0.197 e. The molecule has 0 saturated heterocycles. The Bertz CT molecular complexity index is 336. The minimum absolute atomic E-state index is 0.258. The van der Waals surface area contributed by atoms with Gasteiger partial charge in [-0.1, -0.05) is 13.0 Å². The highest BCUT2D eigenvalue weighted by atomic mass is 16.7. The summed E-state index contributed by atoms with van der Waals surface area (Å²) in [4.78, 5) is 0. The standard InChI is InChI=1S/C14H22O3/c1-5-12-8-9-13(14(10-12)16-7-3)17-11(4)15-6-2/h8-11H,5-7H2,1-4H3. The van der Waals surface area contributed by atoms with Crippen molar-refractivity contribution >= 4 is 0 Å². The highest BCUT2D eigenvalue weighted by Gasteiger charge is 2.09. The molecule has 0 saturated carbocycles. The summed E-state index contributed by atoms with van der Waals surface area (Å²) in [6.45, 7) is 9.18. The molecular formula is C14H22O3. The van der Waals surface area contributed by atoms with Gasteiger partial charge in [-0.25, -0.2) is 0 Å². The monoisotopic (exact) mass is 238 g/mol. The predicted octanol–water partition coefficient (Wildman–Crippen LogP) is 3.41. The summed E-state index contributed by atoms with van der Waals surface area (Å²) in [5, 5.41) is 0. The Kier molecular flexibility index (Phi) is 5.84. The third-order valence-corrected chi connectivity index (χ3v) is 2.41. The summed E-state index contributed by atoms with van der Waals surface area (Å²) >= 11 is 0. The molecule has 0 fully saturated rings. The van der Waals surface area contributed by atoms with Gasteiger partial charge in [0.15, 0.2) is 17.8 Å². The van der Waals surface area contributed by atoms with Crippen LogP contribution >= 0.6 is 0 Å². The first kappa shape index (κ1) is 13.8. The molecule has 0 aliphatic heterocycles. The molecule has 1 rings (SSSR count). The van der Waals surface area contributed by atoms with Gasteiger partial charge in [0.05, 0.1) is 6.61 Å². The fourth-order valence-electron chi connectivity index (χ4n) is 1.59. The first-order valence-electron chi connectivity index (χ1n) is 6.25. The third kappa shape index (κ3) is 4.27. The molecule has 0 aliphatic rings. The van der Waals surface area contributed by atoms with E-state index in [-0.39, 0.29) is 6.29 Å². The van der Waals surface area contributed by atoms with Crippen molar-refractivity contribution in [3.8, 4) is 11.5 Å². The van der Waals surface area contributed by atoms with E-state index in [2.05, 4.69) is 13.0 Å². The van der Waals surface area contributed by atoms with Crippen molar-refractivity contribution in [2.75, 3.05) is 13.2 Å². The summed E-state index contributed by atoms with van der Waals surface area (Å²) in [5.74, 6) is 1.53. The van der Waals surface area contributed by atoms with E-state index in [0.717, 1.165) is 17.9 Å². The van der Waals surface area contributed by atoms with E-state index in [1.54, 1.807) is 0 Å². The third-order valence-electron chi connectivity index (χ3n) is 2.41. The Labute approximate surface area is 104 Å². The van der Waals surface area contributed by atoms with E-state index < -0.39 is 0 Å². The van der Waals surface area contributed by atoms with Gasteiger partial charge in [-0.05, 0) is 44.9 Å². The van der Waals surface area contributed by atoms with Crippen molar-refractivity contribution in [2.45, 2.75) is 40.4 Å². The molecule has 3 heteroatoms. The SMILES string of the molecule is CCOc1cc(CC)ccc1OC(C)OCC. The lowest BCUT2D eigenvalue weighted by Gasteiger charge is -2.17. The molecule has 1 unspecified atom stereocenters. The van der Waals surface area contributed by atoms with Crippen LogP contribution in [0.15, 0.2) is 18.2 Å². The van der Waals surface area contributed by atoms with E-state index in [1.807, 2.05) is 32.9 Å². The molecule has 1 aromatic rings. The predicted molar refractivity (Wildman–Crippen MR) is 68.7 cm³/mol. The van der Waals surface area contributed by atoms with Crippen LogP contribution in [0.1, 0.15) is 33.3 Å². The van der Waals surface area contributed by atoms with Crippen molar-refractivity contribution in [3.05, 3.63) is 23.8 Å². The van der Waals surface area contributed by atoms with Gasteiger partial charge in [0.2, 0.25) is 0 Å². The smallest absolute Gasteiger partial charge is 0.197 e.